The maximum Gasteiger partial charge on any atom is 0.0501 e. The van der Waals surface area contributed by atoms with Crippen molar-refractivity contribution in [2.75, 3.05) is 31.1 Å². The van der Waals surface area contributed by atoms with Crippen LogP contribution in [0.5, 0.6) is 0 Å². The van der Waals surface area contributed by atoms with Gasteiger partial charge in [0.05, 0.1) is 5.69 Å². The molecule has 0 spiro atoms. The summed E-state index contributed by atoms with van der Waals surface area (Å²) in [4.78, 5) is 6.61. The molecule has 2 rings (SSSR count). The number of hydrogen-bond donors (Lipinski definition) is 1. The Bertz CT molecular complexity index is 292. The van der Waals surface area contributed by atoms with Crippen LogP contribution < -0.4 is 10.2 Å². The van der Waals surface area contributed by atoms with Crippen LogP contribution in [0.3, 0.4) is 0 Å². The lowest BCUT2D eigenvalue weighted by atomic mass is 10.2. The molecule has 1 aromatic heterocycles. The van der Waals surface area contributed by atoms with E-state index in [2.05, 4.69) is 28.2 Å². The van der Waals surface area contributed by atoms with Gasteiger partial charge in [-0.15, -0.1) is 0 Å². The minimum atomic E-state index is 0.958. The van der Waals surface area contributed by atoms with E-state index in [1.165, 1.54) is 5.69 Å². The van der Waals surface area contributed by atoms with Crippen LogP contribution in [-0.2, 0) is 6.42 Å². The first-order valence-corrected chi connectivity index (χ1v) is 5.23. The first kappa shape index (κ1) is 9.46. The largest absolute Gasteiger partial charge is 0.368 e. The average Bonchev–Trinajstić information content (AvgIpc) is 2.30. The highest BCUT2D eigenvalue weighted by Gasteiger charge is 2.10. The summed E-state index contributed by atoms with van der Waals surface area (Å²) in [6, 6.07) is 5.40. The van der Waals surface area contributed by atoms with E-state index in [-0.39, 0.29) is 0 Å². The number of aromatic nitrogens is 1. The topological polar surface area (TPSA) is 28.2 Å². The zero-order chi connectivity index (χ0) is 9.80. The zero-order valence-electron chi connectivity index (χ0n) is 8.58. The Morgan fingerprint density at radius 1 is 1.50 bits per heavy atom. The molecule has 0 aliphatic carbocycles. The highest BCUT2D eigenvalue weighted by Crippen LogP contribution is 2.14. The minimum Gasteiger partial charge on any atom is -0.368 e. The van der Waals surface area contributed by atoms with Crippen molar-refractivity contribution in [2.24, 2.45) is 0 Å². The lowest BCUT2D eigenvalue weighted by Crippen LogP contribution is -2.43. The van der Waals surface area contributed by atoms with Crippen molar-refractivity contribution in [3.8, 4) is 0 Å². The molecule has 0 bridgehead atoms. The Morgan fingerprint density at radius 3 is 3.00 bits per heavy atom. The molecule has 75 valence electrons. The third-order valence-corrected chi connectivity index (χ3v) is 2.53. The molecular weight excluding hydrogens is 174 g/mol. The van der Waals surface area contributed by atoms with Gasteiger partial charge in [-0.2, -0.15) is 0 Å². The van der Waals surface area contributed by atoms with E-state index in [1.807, 2.05) is 12.3 Å². The van der Waals surface area contributed by atoms with Crippen molar-refractivity contribution < 1.29 is 0 Å². The quantitative estimate of drug-likeness (QED) is 0.749. The van der Waals surface area contributed by atoms with E-state index in [1.54, 1.807) is 0 Å². The van der Waals surface area contributed by atoms with Crippen molar-refractivity contribution in [3.05, 3.63) is 24.0 Å². The van der Waals surface area contributed by atoms with Gasteiger partial charge in [0, 0.05) is 44.1 Å². The molecule has 0 aromatic carbocycles. The van der Waals surface area contributed by atoms with E-state index in [0.717, 1.165) is 38.3 Å². The summed E-state index contributed by atoms with van der Waals surface area (Å²) in [7, 11) is 0. The Kier molecular flexibility index (Phi) is 2.99. The highest BCUT2D eigenvalue weighted by molar-refractivity contribution is 5.45. The second-order valence-corrected chi connectivity index (χ2v) is 3.49. The van der Waals surface area contributed by atoms with Crippen LogP contribution in [0.15, 0.2) is 12.3 Å². The lowest BCUT2D eigenvalue weighted by molar-refractivity contribution is 0.588. The fraction of sp³-hybridized carbons (Fsp3) is 0.545. The van der Waals surface area contributed by atoms with Crippen LogP contribution in [0.2, 0.25) is 0 Å². The number of rotatable bonds is 2. The van der Waals surface area contributed by atoms with E-state index in [9.17, 15) is 0 Å². The molecule has 3 heteroatoms. The highest BCUT2D eigenvalue weighted by atomic mass is 15.2. The molecule has 1 N–H and O–H groups in total. The van der Waals surface area contributed by atoms with Gasteiger partial charge in [-0.3, -0.25) is 4.98 Å². The summed E-state index contributed by atoms with van der Waals surface area (Å²) < 4.78 is 0. The van der Waals surface area contributed by atoms with Gasteiger partial charge in [-0.1, -0.05) is 6.92 Å². The van der Waals surface area contributed by atoms with Gasteiger partial charge >= 0.3 is 0 Å². The number of pyridine rings is 1. The van der Waals surface area contributed by atoms with Crippen LogP contribution in [0.4, 0.5) is 5.69 Å². The molecular formula is C11H16N3. The van der Waals surface area contributed by atoms with Gasteiger partial charge in [-0.25, -0.2) is 0 Å². The van der Waals surface area contributed by atoms with Crippen molar-refractivity contribution >= 4 is 5.69 Å². The van der Waals surface area contributed by atoms with Crippen LogP contribution >= 0.6 is 0 Å². The van der Waals surface area contributed by atoms with E-state index in [0.29, 0.717) is 0 Å². The van der Waals surface area contributed by atoms with Gasteiger partial charge in [-0.05, 0) is 12.5 Å². The number of piperazine rings is 1. The summed E-state index contributed by atoms with van der Waals surface area (Å²) in [5, 5.41) is 3.34. The van der Waals surface area contributed by atoms with E-state index >= 15 is 0 Å². The molecule has 1 fully saturated rings. The molecule has 14 heavy (non-hydrogen) atoms. The number of aryl methyl sites for hydroxylation is 1. The van der Waals surface area contributed by atoms with Crippen LogP contribution in [0.25, 0.3) is 0 Å². The van der Waals surface area contributed by atoms with Crippen LogP contribution in [0.1, 0.15) is 12.6 Å². The minimum absolute atomic E-state index is 0.958. The Balaban J connectivity index is 2.13. The maximum absolute atomic E-state index is 4.25. The molecule has 0 amide bonds. The Morgan fingerprint density at radius 2 is 2.29 bits per heavy atom. The molecule has 0 saturated carbocycles. The SMILES string of the molecule is CCc1[c]c(N2CCNCC2)ccn1. The molecule has 1 aromatic rings. The van der Waals surface area contributed by atoms with Crippen molar-refractivity contribution in [1.29, 1.82) is 0 Å². The first-order valence-electron chi connectivity index (χ1n) is 5.23. The van der Waals surface area contributed by atoms with Crippen LogP contribution in [-0.4, -0.2) is 31.2 Å². The van der Waals surface area contributed by atoms with Crippen molar-refractivity contribution in [3.63, 3.8) is 0 Å². The molecule has 1 aliphatic rings. The fourth-order valence-electron chi connectivity index (χ4n) is 1.69. The monoisotopic (exact) mass is 190 g/mol. The van der Waals surface area contributed by atoms with Crippen LogP contribution in [0, 0.1) is 6.07 Å². The number of nitrogens with zero attached hydrogens (tertiary/aromatic N) is 2. The van der Waals surface area contributed by atoms with Gasteiger partial charge in [0.25, 0.3) is 0 Å². The average molecular weight is 190 g/mol. The number of anilines is 1. The smallest absolute Gasteiger partial charge is 0.0501 e. The second-order valence-electron chi connectivity index (χ2n) is 3.49. The van der Waals surface area contributed by atoms with Gasteiger partial charge in [0.1, 0.15) is 0 Å². The molecule has 1 radical (unpaired) electrons. The summed E-state index contributed by atoms with van der Waals surface area (Å²) in [5.74, 6) is 0. The summed E-state index contributed by atoms with van der Waals surface area (Å²) >= 11 is 0. The summed E-state index contributed by atoms with van der Waals surface area (Å²) in [5.41, 5.74) is 2.25. The van der Waals surface area contributed by atoms with Gasteiger partial charge < -0.3 is 10.2 Å². The molecule has 3 nitrogen and oxygen atoms in total. The third-order valence-electron chi connectivity index (χ3n) is 2.53. The van der Waals surface area contributed by atoms with E-state index in [4.69, 9.17) is 0 Å². The van der Waals surface area contributed by atoms with Gasteiger partial charge in [0.2, 0.25) is 0 Å². The Labute approximate surface area is 85.1 Å². The predicted octanol–water partition coefficient (Wildman–Crippen LogP) is 0.854. The van der Waals surface area contributed by atoms with Crippen molar-refractivity contribution in [1.82, 2.24) is 10.3 Å². The molecule has 1 aliphatic heterocycles. The first-order chi connectivity index (χ1) is 6.90. The second kappa shape index (κ2) is 4.42. The third kappa shape index (κ3) is 2.04. The molecule has 0 atom stereocenters. The maximum atomic E-state index is 4.25. The predicted molar refractivity (Wildman–Crippen MR) is 57.5 cm³/mol. The van der Waals surface area contributed by atoms with E-state index < -0.39 is 0 Å². The molecule has 2 heterocycles. The lowest BCUT2D eigenvalue weighted by Gasteiger charge is -2.29. The normalized spacial score (nSPS) is 17.1. The Hall–Kier alpha value is -1.09. The standard InChI is InChI=1S/C11H16N3/c1-2-10-9-11(3-4-13-10)14-7-5-12-6-8-14/h3-4,12H,2,5-8H2,1H3. The zero-order valence-corrected chi connectivity index (χ0v) is 8.58. The van der Waals surface area contributed by atoms with Crippen molar-refractivity contribution in [2.45, 2.75) is 13.3 Å². The number of nitrogens with one attached hydrogen (secondary N) is 1. The fourth-order valence-corrected chi connectivity index (χ4v) is 1.69. The summed E-state index contributed by atoms with van der Waals surface area (Å²) in [6.07, 6.45) is 2.84. The van der Waals surface area contributed by atoms with Gasteiger partial charge in [0.15, 0.2) is 0 Å². The molecule has 1 saturated heterocycles. The number of hydrogen-bond acceptors (Lipinski definition) is 3. The molecule has 0 unspecified atom stereocenters. The summed E-state index contributed by atoms with van der Waals surface area (Å²) in [6.45, 7) is 6.39.